The first-order valence-corrected chi connectivity index (χ1v) is 8.41. The van der Waals surface area contributed by atoms with E-state index in [1.165, 1.54) is 0 Å². The number of carbonyl (C=O) groups is 3. The molecule has 1 aromatic carbocycles. The monoisotopic (exact) mass is 347 g/mol. The molecule has 0 aromatic heterocycles. The molecule has 25 heavy (non-hydrogen) atoms. The average Bonchev–Trinajstić information content (AvgIpc) is 3.42. The Hall–Kier alpha value is -2.57. The van der Waals surface area contributed by atoms with E-state index in [2.05, 4.69) is 10.6 Å². The molecule has 0 unspecified atom stereocenters. The zero-order valence-electron chi connectivity index (χ0n) is 14.9. The van der Waals surface area contributed by atoms with E-state index >= 15 is 0 Å². The van der Waals surface area contributed by atoms with E-state index in [1.807, 2.05) is 13.8 Å². The summed E-state index contributed by atoms with van der Waals surface area (Å²) in [6.07, 6.45) is 1.87. The highest BCUT2D eigenvalue weighted by Crippen LogP contribution is 2.27. The number of nitrogens with zero attached hydrogens (tertiary/aromatic N) is 1. The van der Waals surface area contributed by atoms with Crippen LogP contribution in [0.5, 0.6) is 5.75 Å². The molecule has 0 bridgehead atoms. The summed E-state index contributed by atoms with van der Waals surface area (Å²) in [5, 5.41) is 5.25. The smallest absolute Gasteiger partial charge is 0.243 e. The van der Waals surface area contributed by atoms with Crippen molar-refractivity contribution in [2.24, 2.45) is 5.92 Å². The summed E-state index contributed by atoms with van der Waals surface area (Å²) in [7, 11) is 1.57. The number of anilines is 1. The van der Waals surface area contributed by atoms with Crippen molar-refractivity contribution in [1.82, 2.24) is 10.2 Å². The van der Waals surface area contributed by atoms with E-state index < -0.39 is 0 Å². The number of rotatable bonds is 8. The molecular formula is C18H25N3O4. The van der Waals surface area contributed by atoms with E-state index in [-0.39, 0.29) is 42.8 Å². The summed E-state index contributed by atoms with van der Waals surface area (Å²) < 4.78 is 5.05. The first kappa shape index (κ1) is 18.8. The zero-order chi connectivity index (χ0) is 18.4. The maximum atomic E-state index is 12.1. The fraction of sp³-hybridized carbons (Fsp3) is 0.500. The van der Waals surface area contributed by atoms with Crippen LogP contribution in [0.25, 0.3) is 0 Å². The topological polar surface area (TPSA) is 87.7 Å². The molecule has 1 aromatic rings. The van der Waals surface area contributed by atoms with Crippen LogP contribution < -0.4 is 15.4 Å². The lowest BCUT2D eigenvalue weighted by atomic mass is 10.2. The molecule has 2 rings (SSSR count). The van der Waals surface area contributed by atoms with Gasteiger partial charge in [0, 0.05) is 17.6 Å². The van der Waals surface area contributed by atoms with Crippen LogP contribution in [0.3, 0.4) is 0 Å². The van der Waals surface area contributed by atoms with Gasteiger partial charge in [-0.25, -0.2) is 0 Å². The number of benzene rings is 1. The van der Waals surface area contributed by atoms with E-state index in [4.69, 9.17) is 4.74 Å². The molecule has 0 aliphatic heterocycles. The van der Waals surface area contributed by atoms with Crippen molar-refractivity contribution in [1.29, 1.82) is 0 Å². The number of amides is 3. The van der Waals surface area contributed by atoms with Crippen LogP contribution in [0.4, 0.5) is 5.69 Å². The van der Waals surface area contributed by atoms with Crippen molar-refractivity contribution >= 4 is 23.4 Å². The highest BCUT2D eigenvalue weighted by molar-refractivity contribution is 5.95. The minimum atomic E-state index is -0.328. The second kappa shape index (κ2) is 8.50. The van der Waals surface area contributed by atoms with Gasteiger partial charge in [-0.1, -0.05) is 13.8 Å². The van der Waals surface area contributed by atoms with Crippen molar-refractivity contribution in [3.8, 4) is 5.75 Å². The minimum Gasteiger partial charge on any atom is -0.497 e. The lowest BCUT2D eigenvalue weighted by molar-refractivity contribution is -0.139. The van der Waals surface area contributed by atoms with Crippen LogP contribution in [0.15, 0.2) is 24.3 Å². The van der Waals surface area contributed by atoms with Gasteiger partial charge < -0.3 is 20.3 Å². The van der Waals surface area contributed by atoms with Gasteiger partial charge in [0.1, 0.15) is 5.75 Å². The molecule has 1 saturated carbocycles. The standard InChI is InChI=1S/C18H25N3O4/c1-12(2)18(24)21(14-6-7-14)11-17(23)19-10-16(22)20-13-4-8-15(25-3)9-5-13/h4-5,8-9,12,14H,6-7,10-11H2,1-3H3,(H,19,23)(H,20,22). The average molecular weight is 347 g/mol. The highest BCUT2D eigenvalue weighted by Gasteiger charge is 2.34. The molecule has 136 valence electrons. The maximum Gasteiger partial charge on any atom is 0.243 e. The Morgan fingerprint density at radius 3 is 2.32 bits per heavy atom. The Labute approximate surface area is 147 Å². The second-order valence-electron chi connectivity index (χ2n) is 6.41. The first-order chi connectivity index (χ1) is 11.9. The van der Waals surface area contributed by atoms with Crippen molar-refractivity contribution < 1.29 is 19.1 Å². The van der Waals surface area contributed by atoms with Gasteiger partial charge in [-0.05, 0) is 37.1 Å². The van der Waals surface area contributed by atoms with Crippen LogP contribution in [-0.2, 0) is 14.4 Å². The highest BCUT2D eigenvalue weighted by atomic mass is 16.5. The summed E-state index contributed by atoms with van der Waals surface area (Å²) in [5.41, 5.74) is 0.620. The fourth-order valence-electron chi connectivity index (χ4n) is 2.37. The lowest BCUT2D eigenvalue weighted by Crippen LogP contribution is -2.45. The number of nitrogens with one attached hydrogen (secondary N) is 2. The molecule has 1 aliphatic carbocycles. The van der Waals surface area contributed by atoms with Crippen LogP contribution in [0.2, 0.25) is 0 Å². The van der Waals surface area contributed by atoms with E-state index in [1.54, 1.807) is 36.3 Å². The van der Waals surface area contributed by atoms with Crippen LogP contribution >= 0.6 is 0 Å². The third-order valence-corrected chi connectivity index (χ3v) is 3.90. The SMILES string of the molecule is COc1ccc(NC(=O)CNC(=O)CN(C(=O)C(C)C)C2CC2)cc1. The molecule has 2 N–H and O–H groups in total. The molecule has 0 heterocycles. The van der Waals surface area contributed by atoms with Crippen molar-refractivity contribution in [3.05, 3.63) is 24.3 Å². The third-order valence-electron chi connectivity index (χ3n) is 3.90. The Kier molecular flexibility index (Phi) is 6.38. The molecule has 3 amide bonds. The Morgan fingerprint density at radius 1 is 1.16 bits per heavy atom. The quantitative estimate of drug-likeness (QED) is 0.744. The van der Waals surface area contributed by atoms with E-state index in [0.717, 1.165) is 12.8 Å². The number of hydrogen-bond acceptors (Lipinski definition) is 4. The fourth-order valence-corrected chi connectivity index (χ4v) is 2.37. The largest absolute Gasteiger partial charge is 0.497 e. The summed E-state index contributed by atoms with van der Waals surface area (Å²) >= 11 is 0. The number of ether oxygens (including phenoxy) is 1. The summed E-state index contributed by atoms with van der Waals surface area (Å²) in [6.45, 7) is 3.49. The first-order valence-electron chi connectivity index (χ1n) is 8.41. The molecule has 7 heteroatoms. The van der Waals surface area contributed by atoms with Gasteiger partial charge in [-0.15, -0.1) is 0 Å². The molecule has 7 nitrogen and oxygen atoms in total. The van der Waals surface area contributed by atoms with E-state index in [9.17, 15) is 14.4 Å². The van der Waals surface area contributed by atoms with Crippen molar-refractivity contribution in [2.75, 3.05) is 25.5 Å². The van der Waals surface area contributed by atoms with Gasteiger partial charge in [0.25, 0.3) is 0 Å². The molecule has 0 radical (unpaired) electrons. The zero-order valence-corrected chi connectivity index (χ0v) is 14.9. The maximum absolute atomic E-state index is 12.1. The van der Waals surface area contributed by atoms with Crippen LogP contribution in [0, 0.1) is 5.92 Å². The van der Waals surface area contributed by atoms with Crippen LogP contribution in [0.1, 0.15) is 26.7 Å². The lowest BCUT2D eigenvalue weighted by Gasteiger charge is -2.23. The molecule has 1 fully saturated rings. The Morgan fingerprint density at radius 2 is 1.80 bits per heavy atom. The molecule has 0 spiro atoms. The minimum absolute atomic E-state index is 0.00248. The third kappa shape index (κ3) is 5.77. The summed E-state index contributed by atoms with van der Waals surface area (Å²) in [5.74, 6) is -0.133. The number of methoxy groups -OCH3 is 1. The van der Waals surface area contributed by atoms with Gasteiger partial charge in [-0.3, -0.25) is 14.4 Å². The second-order valence-corrected chi connectivity index (χ2v) is 6.41. The normalized spacial score (nSPS) is 13.3. The Bertz CT molecular complexity index is 624. The predicted octanol–water partition coefficient (Wildman–Crippen LogP) is 1.40. The Balaban J connectivity index is 1.78. The van der Waals surface area contributed by atoms with E-state index in [0.29, 0.717) is 11.4 Å². The summed E-state index contributed by atoms with van der Waals surface area (Å²) in [6, 6.07) is 7.07. The molecule has 0 atom stereocenters. The van der Waals surface area contributed by atoms with Crippen molar-refractivity contribution in [2.45, 2.75) is 32.7 Å². The summed E-state index contributed by atoms with van der Waals surface area (Å²) in [4.78, 5) is 37.7. The van der Waals surface area contributed by atoms with Gasteiger partial charge in [-0.2, -0.15) is 0 Å². The predicted molar refractivity (Wildman–Crippen MR) is 94.2 cm³/mol. The van der Waals surface area contributed by atoms with Crippen molar-refractivity contribution in [3.63, 3.8) is 0 Å². The van der Waals surface area contributed by atoms with Gasteiger partial charge >= 0.3 is 0 Å². The van der Waals surface area contributed by atoms with Gasteiger partial charge in [0.05, 0.1) is 20.2 Å². The van der Waals surface area contributed by atoms with Crippen LogP contribution in [-0.4, -0.2) is 48.9 Å². The number of carbonyl (C=O) groups excluding carboxylic acids is 3. The van der Waals surface area contributed by atoms with Gasteiger partial charge in [0.2, 0.25) is 17.7 Å². The molecule has 1 aliphatic rings. The van der Waals surface area contributed by atoms with Gasteiger partial charge in [0.15, 0.2) is 0 Å². The molecule has 0 saturated heterocycles. The number of hydrogen-bond donors (Lipinski definition) is 2. The molecular weight excluding hydrogens is 322 g/mol.